The van der Waals surface area contributed by atoms with Gasteiger partial charge in [-0.3, -0.25) is 0 Å². The van der Waals surface area contributed by atoms with Gasteiger partial charge in [-0.05, 0) is 44.3 Å². The fourth-order valence-electron chi connectivity index (χ4n) is 2.65. The fourth-order valence-corrected chi connectivity index (χ4v) is 2.65. The first-order valence-electron chi connectivity index (χ1n) is 7.02. The van der Waals surface area contributed by atoms with Gasteiger partial charge < -0.3 is 15.0 Å². The number of nitrogens with zero attached hydrogens (tertiary/aromatic N) is 1. The Hall–Kier alpha value is -0.120. The van der Waals surface area contributed by atoms with E-state index < -0.39 is 0 Å². The molecule has 102 valence electrons. The monoisotopic (exact) mass is 242 g/mol. The van der Waals surface area contributed by atoms with Crippen LogP contribution in [0.5, 0.6) is 0 Å². The molecule has 1 saturated heterocycles. The Labute approximate surface area is 107 Å². The highest BCUT2D eigenvalue weighted by atomic mass is 16.5. The van der Waals surface area contributed by atoms with Gasteiger partial charge in [0.05, 0.1) is 0 Å². The molecule has 1 heterocycles. The summed E-state index contributed by atoms with van der Waals surface area (Å²) in [5.74, 6) is 0. The third-order valence-electron chi connectivity index (χ3n) is 3.71. The summed E-state index contributed by atoms with van der Waals surface area (Å²) in [6, 6.07) is 0.748. The number of nitrogens with one attached hydrogen (secondary N) is 1. The highest BCUT2D eigenvalue weighted by molar-refractivity contribution is 4.81. The highest BCUT2D eigenvalue weighted by Crippen LogP contribution is 2.23. The van der Waals surface area contributed by atoms with Gasteiger partial charge in [0.15, 0.2) is 0 Å². The summed E-state index contributed by atoms with van der Waals surface area (Å²) in [5, 5.41) is 3.56. The molecule has 0 aromatic heterocycles. The van der Waals surface area contributed by atoms with Crippen molar-refractivity contribution in [1.29, 1.82) is 0 Å². The minimum absolute atomic E-state index is 0.376. The topological polar surface area (TPSA) is 24.5 Å². The van der Waals surface area contributed by atoms with Crippen molar-refractivity contribution in [2.45, 2.75) is 46.1 Å². The van der Waals surface area contributed by atoms with E-state index in [4.69, 9.17) is 4.74 Å². The van der Waals surface area contributed by atoms with Crippen LogP contribution in [0.25, 0.3) is 0 Å². The SMILES string of the molecule is CCNC1CCN(CC(C)(C)CCOC)CC1. The maximum atomic E-state index is 5.19. The van der Waals surface area contributed by atoms with Crippen molar-refractivity contribution in [2.75, 3.05) is 39.9 Å². The van der Waals surface area contributed by atoms with Crippen molar-refractivity contribution >= 4 is 0 Å². The number of hydrogen-bond donors (Lipinski definition) is 1. The van der Waals surface area contributed by atoms with E-state index >= 15 is 0 Å². The molecule has 17 heavy (non-hydrogen) atoms. The van der Waals surface area contributed by atoms with Crippen LogP contribution >= 0.6 is 0 Å². The molecular formula is C14H30N2O. The lowest BCUT2D eigenvalue weighted by molar-refractivity contribution is 0.0996. The van der Waals surface area contributed by atoms with Gasteiger partial charge >= 0.3 is 0 Å². The Morgan fingerprint density at radius 3 is 2.47 bits per heavy atom. The third kappa shape index (κ3) is 5.84. The summed E-state index contributed by atoms with van der Waals surface area (Å²) < 4.78 is 5.19. The Kier molecular flexibility index (Phi) is 6.45. The quantitative estimate of drug-likeness (QED) is 0.740. The van der Waals surface area contributed by atoms with Crippen molar-refractivity contribution in [3.05, 3.63) is 0 Å². The van der Waals surface area contributed by atoms with Crippen molar-refractivity contribution in [3.63, 3.8) is 0 Å². The molecule has 1 aliphatic heterocycles. The number of likely N-dealkylation sites (tertiary alicyclic amines) is 1. The first-order valence-corrected chi connectivity index (χ1v) is 7.02. The van der Waals surface area contributed by atoms with E-state index in [0.29, 0.717) is 5.41 Å². The minimum atomic E-state index is 0.376. The Morgan fingerprint density at radius 1 is 1.29 bits per heavy atom. The van der Waals surface area contributed by atoms with E-state index in [1.54, 1.807) is 7.11 Å². The highest BCUT2D eigenvalue weighted by Gasteiger charge is 2.25. The number of hydrogen-bond acceptors (Lipinski definition) is 3. The van der Waals surface area contributed by atoms with Crippen molar-refractivity contribution in [3.8, 4) is 0 Å². The molecule has 1 N–H and O–H groups in total. The van der Waals surface area contributed by atoms with Gasteiger partial charge in [-0.2, -0.15) is 0 Å². The molecule has 3 heteroatoms. The second kappa shape index (κ2) is 7.34. The number of methoxy groups -OCH3 is 1. The first-order chi connectivity index (χ1) is 8.07. The van der Waals surface area contributed by atoms with Crippen LogP contribution in [0.2, 0.25) is 0 Å². The van der Waals surface area contributed by atoms with Crippen molar-refractivity contribution < 1.29 is 4.74 Å². The molecule has 1 fully saturated rings. The molecule has 3 nitrogen and oxygen atoms in total. The minimum Gasteiger partial charge on any atom is -0.385 e. The summed E-state index contributed by atoms with van der Waals surface area (Å²) in [5.41, 5.74) is 0.376. The molecule has 0 aromatic rings. The zero-order chi connectivity index (χ0) is 12.7. The van der Waals surface area contributed by atoms with E-state index in [1.807, 2.05) is 0 Å². The summed E-state index contributed by atoms with van der Waals surface area (Å²) in [7, 11) is 1.79. The molecule has 1 rings (SSSR count). The third-order valence-corrected chi connectivity index (χ3v) is 3.71. The molecule has 0 bridgehead atoms. The second-order valence-corrected chi connectivity index (χ2v) is 6.02. The van der Waals surface area contributed by atoms with Gasteiger partial charge in [0.1, 0.15) is 0 Å². The van der Waals surface area contributed by atoms with Gasteiger partial charge in [-0.15, -0.1) is 0 Å². The van der Waals surface area contributed by atoms with E-state index in [9.17, 15) is 0 Å². The first kappa shape index (κ1) is 14.9. The molecule has 0 aromatic carbocycles. The van der Waals surface area contributed by atoms with Crippen LogP contribution in [0.3, 0.4) is 0 Å². The molecule has 0 spiro atoms. The molecular weight excluding hydrogens is 212 g/mol. The van der Waals surface area contributed by atoms with Crippen LogP contribution in [-0.4, -0.2) is 50.8 Å². The smallest absolute Gasteiger partial charge is 0.0467 e. The number of piperidine rings is 1. The van der Waals surface area contributed by atoms with Gasteiger partial charge in [0.25, 0.3) is 0 Å². The number of ether oxygens (including phenoxy) is 1. The summed E-state index contributed by atoms with van der Waals surface area (Å²) >= 11 is 0. The lowest BCUT2D eigenvalue weighted by Gasteiger charge is -2.37. The molecule has 0 unspecified atom stereocenters. The van der Waals surface area contributed by atoms with E-state index in [2.05, 4.69) is 31.0 Å². The van der Waals surface area contributed by atoms with Gasteiger partial charge in [-0.25, -0.2) is 0 Å². The van der Waals surface area contributed by atoms with Crippen molar-refractivity contribution in [2.24, 2.45) is 5.41 Å². The zero-order valence-corrected chi connectivity index (χ0v) is 12.1. The van der Waals surface area contributed by atoms with Crippen LogP contribution in [0.4, 0.5) is 0 Å². The number of rotatable bonds is 7. The maximum Gasteiger partial charge on any atom is 0.0467 e. The molecule has 0 radical (unpaired) electrons. The Balaban J connectivity index is 2.24. The molecule has 1 aliphatic rings. The average Bonchev–Trinajstić information content (AvgIpc) is 2.29. The largest absolute Gasteiger partial charge is 0.385 e. The molecule has 0 aliphatic carbocycles. The summed E-state index contributed by atoms with van der Waals surface area (Å²) in [6.45, 7) is 12.6. The summed E-state index contributed by atoms with van der Waals surface area (Å²) in [4.78, 5) is 2.61. The lowest BCUT2D eigenvalue weighted by Crippen LogP contribution is -2.45. The van der Waals surface area contributed by atoms with Crippen LogP contribution in [-0.2, 0) is 4.74 Å². The predicted octanol–water partition coefficient (Wildman–Crippen LogP) is 2.12. The summed E-state index contributed by atoms with van der Waals surface area (Å²) in [6.07, 6.45) is 3.75. The van der Waals surface area contributed by atoms with Gasteiger partial charge in [-0.1, -0.05) is 20.8 Å². The Morgan fingerprint density at radius 2 is 1.94 bits per heavy atom. The molecule has 0 atom stereocenters. The van der Waals surface area contributed by atoms with E-state index in [1.165, 1.54) is 32.5 Å². The predicted molar refractivity (Wildman–Crippen MR) is 73.4 cm³/mol. The van der Waals surface area contributed by atoms with E-state index in [-0.39, 0.29) is 0 Å². The van der Waals surface area contributed by atoms with Gasteiger partial charge in [0.2, 0.25) is 0 Å². The molecule has 0 saturated carbocycles. The molecule has 0 amide bonds. The van der Waals surface area contributed by atoms with Crippen LogP contribution in [0, 0.1) is 5.41 Å². The van der Waals surface area contributed by atoms with Crippen LogP contribution in [0.15, 0.2) is 0 Å². The van der Waals surface area contributed by atoms with Crippen LogP contribution < -0.4 is 5.32 Å². The standard InChI is InChI=1S/C14H30N2O/c1-5-15-13-6-9-16(10-7-13)12-14(2,3)8-11-17-4/h13,15H,5-12H2,1-4H3. The van der Waals surface area contributed by atoms with E-state index in [0.717, 1.165) is 25.6 Å². The average molecular weight is 242 g/mol. The second-order valence-electron chi connectivity index (χ2n) is 6.02. The zero-order valence-electron chi connectivity index (χ0n) is 12.1. The Bertz CT molecular complexity index is 198. The normalized spacial score (nSPS) is 19.8. The maximum absolute atomic E-state index is 5.19. The van der Waals surface area contributed by atoms with Crippen LogP contribution in [0.1, 0.15) is 40.0 Å². The van der Waals surface area contributed by atoms with Gasteiger partial charge in [0, 0.05) is 26.3 Å². The fraction of sp³-hybridized carbons (Fsp3) is 1.00. The lowest BCUT2D eigenvalue weighted by atomic mass is 9.88. The van der Waals surface area contributed by atoms with Crippen molar-refractivity contribution in [1.82, 2.24) is 10.2 Å².